The first-order valence-corrected chi connectivity index (χ1v) is 16.0. The second-order valence-corrected chi connectivity index (χ2v) is 14.0. The number of benzene rings is 1. The number of unbranched alkanes of at least 4 members (excludes halogenated alkanes) is 3. The molecule has 1 aromatic carbocycles. The molecule has 0 amide bonds. The van der Waals surface area contributed by atoms with Gasteiger partial charge >= 0.3 is 206 Å². The Bertz CT molecular complexity index is 733. The van der Waals surface area contributed by atoms with Gasteiger partial charge in [0.1, 0.15) is 0 Å². The van der Waals surface area contributed by atoms with Crippen LogP contribution >= 0.6 is 11.6 Å². The van der Waals surface area contributed by atoms with Gasteiger partial charge in [0.2, 0.25) is 0 Å². The molecule has 0 saturated carbocycles. The summed E-state index contributed by atoms with van der Waals surface area (Å²) in [5, 5.41) is 6.62. The number of hydrogen-bond donors (Lipinski definition) is 1. The van der Waals surface area contributed by atoms with Gasteiger partial charge in [-0.3, -0.25) is 0 Å². The van der Waals surface area contributed by atoms with E-state index in [0.29, 0.717) is 3.43 Å². The average molecular weight is 552 g/mol. The van der Waals surface area contributed by atoms with E-state index in [1.165, 1.54) is 68.7 Å². The molecule has 172 valence electrons. The maximum atomic E-state index is 6.29. The standard InChI is InChI=1S/C13H14ClN2O.C13H27.Sn/c1-17-5-4-16-8-11-7-12(14)6-10-2-3-15-9-13(10)11;1-4-7-10-13(11-8-5-2)12-9-6-3;/h2-3,6-7,9,16H,1,4-5,8H2;4-12H2,1-3H3;. The third-order valence-electron chi connectivity index (χ3n) is 6.12. The Morgan fingerprint density at radius 3 is 2.35 bits per heavy atom. The molecule has 0 aliphatic heterocycles. The van der Waals surface area contributed by atoms with Crippen molar-refractivity contribution in [1.29, 1.82) is 0 Å². The van der Waals surface area contributed by atoms with Crippen LogP contribution < -0.4 is 5.32 Å². The molecule has 0 saturated heterocycles. The average Bonchev–Trinajstić information content (AvgIpc) is 2.78. The van der Waals surface area contributed by atoms with Crippen molar-refractivity contribution in [3.63, 3.8) is 0 Å². The third kappa shape index (κ3) is 9.57. The minimum atomic E-state index is -0.560. The fourth-order valence-electron chi connectivity index (χ4n) is 4.21. The van der Waals surface area contributed by atoms with Gasteiger partial charge in [-0.15, -0.1) is 0 Å². The van der Waals surface area contributed by atoms with E-state index in [-0.39, 0.29) is 0 Å². The summed E-state index contributed by atoms with van der Waals surface area (Å²) in [7, 11) is 0. The summed E-state index contributed by atoms with van der Waals surface area (Å²) in [5.41, 5.74) is 1.20. The van der Waals surface area contributed by atoms with E-state index in [2.05, 4.69) is 31.1 Å². The zero-order valence-corrected chi connectivity index (χ0v) is 23.4. The van der Waals surface area contributed by atoms with Crippen molar-refractivity contribution in [2.75, 3.05) is 17.8 Å². The van der Waals surface area contributed by atoms with Crippen molar-refractivity contribution in [1.82, 2.24) is 10.3 Å². The number of halogens is 1. The van der Waals surface area contributed by atoms with E-state index in [1.807, 2.05) is 30.6 Å². The van der Waals surface area contributed by atoms with Crippen LogP contribution in [-0.2, 0) is 11.3 Å². The fourth-order valence-corrected chi connectivity index (χ4v) is 9.06. The fraction of sp³-hybridized carbons (Fsp3) is 0.654. The molecule has 2 radical (unpaired) electrons. The van der Waals surface area contributed by atoms with E-state index in [0.717, 1.165) is 34.7 Å². The summed E-state index contributed by atoms with van der Waals surface area (Å²) >= 11 is 5.73. The molecular formula is C26H41ClN2OSn. The van der Waals surface area contributed by atoms with E-state index >= 15 is 0 Å². The van der Waals surface area contributed by atoms with Crippen molar-refractivity contribution in [2.24, 2.45) is 0 Å². The topological polar surface area (TPSA) is 34.1 Å². The van der Waals surface area contributed by atoms with Gasteiger partial charge in [0.15, 0.2) is 0 Å². The Hall–Kier alpha value is -0.361. The van der Waals surface area contributed by atoms with Gasteiger partial charge in [0, 0.05) is 0 Å². The number of hydrogen-bond acceptors (Lipinski definition) is 3. The van der Waals surface area contributed by atoms with Crippen LogP contribution in [0.1, 0.15) is 84.1 Å². The van der Waals surface area contributed by atoms with Crippen LogP contribution in [0.25, 0.3) is 10.8 Å². The number of fused-ring (bicyclic) bond motifs is 1. The van der Waals surface area contributed by atoms with Gasteiger partial charge in [-0.05, 0) is 0 Å². The van der Waals surface area contributed by atoms with Crippen LogP contribution in [0.4, 0.5) is 0 Å². The molecule has 0 aliphatic rings. The molecular weight excluding hydrogens is 510 g/mol. The molecule has 0 bridgehead atoms. The minimum absolute atomic E-state index is 0.560. The molecule has 1 heterocycles. The monoisotopic (exact) mass is 552 g/mol. The molecule has 0 atom stereocenters. The molecule has 0 fully saturated rings. The molecule has 5 heteroatoms. The third-order valence-corrected chi connectivity index (χ3v) is 11.6. The van der Waals surface area contributed by atoms with Crippen molar-refractivity contribution >= 4 is 43.5 Å². The molecule has 0 unspecified atom stereocenters. The number of pyridine rings is 1. The quantitative estimate of drug-likeness (QED) is 0.164. The van der Waals surface area contributed by atoms with E-state index in [4.69, 9.17) is 16.3 Å². The molecule has 1 aromatic heterocycles. The summed E-state index contributed by atoms with van der Waals surface area (Å²) in [6.07, 6.45) is 16.2. The van der Waals surface area contributed by atoms with Gasteiger partial charge in [0.25, 0.3) is 0 Å². The van der Waals surface area contributed by atoms with Crippen LogP contribution in [0, 0.1) is 0 Å². The van der Waals surface area contributed by atoms with E-state index < -0.39 is 21.1 Å². The van der Waals surface area contributed by atoms with Crippen molar-refractivity contribution in [3.8, 4) is 0 Å². The number of nitrogens with zero attached hydrogens (tertiary/aromatic N) is 1. The zero-order valence-electron chi connectivity index (χ0n) is 19.8. The van der Waals surface area contributed by atoms with E-state index in [1.54, 1.807) is 0 Å². The Kier molecular flexibility index (Phi) is 13.4. The predicted molar refractivity (Wildman–Crippen MR) is 136 cm³/mol. The molecule has 1 N–H and O–H groups in total. The van der Waals surface area contributed by atoms with E-state index in [9.17, 15) is 0 Å². The number of aromatic nitrogens is 1. The van der Waals surface area contributed by atoms with Gasteiger partial charge in [-0.1, -0.05) is 0 Å². The molecule has 31 heavy (non-hydrogen) atoms. The maximum absolute atomic E-state index is 6.29. The SMILES string of the molecule is CCCC[C](CCCC)(CCCC)[Sn][CH2]OCCNCc1cc(Cl)cc2ccncc12. The second-order valence-electron chi connectivity index (χ2n) is 8.66. The van der Waals surface area contributed by atoms with Gasteiger partial charge in [-0.25, -0.2) is 0 Å². The van der Waals surface area contributed by atoms with Crippen molar-refractivity contribution in [2.45, 2.75) is 88.5 Å². The molecule has 2 aromatic rings. The summed E-state index contributed by atoms with van der Waals surface area (Å²) < 4.78 is 7.86. The van der Waals surface area contributed by atoms with Crippen LogP contribution in [-0.4, -0.2) is 43.9 Å². The first-order chi connectivity index (χ1) is 15.1. The summed E-state index contributed by atoms with van der Waals surface area (Å²) in [6.45, 7) is 9.45. The molecule has 3 nitrogen and oxygen atoms in total. The first kappa shape index (κ1) is 26.9. The molecule has 2 rings (SSSR count). The van der Waals surface area contributed by atoms with Gasteiger partial charge < -0.3 is 0 Å². The normalized spacial score (nSPS) is 12.0. The Morgan fingerprint density at radius 1 is 1.03 bits per heavy atom. The van der Waals surface area contributed by atoms with Crippen LogP contribution in [0.3, 0.4) is 0 Å². The van der Waals surface area contributed by atoms with Crippen LogP contribution in [0.5, 0.6) is 0 Å². The van der Waals surface area contributed by atoms with Crippen LogP contribution in [0.15, 0.2) is 30.6 Å². The molecule has 0 aliphatic carbocycles. The second kappa shape index (κ2) is 15.5. The number of rotatable bonds is 17. The summed E-state index contributed by atoms with van der Waals surface area (Å²) in [6, 6.07) is 6.05. The Morgan fingerprint density at radius 2 is 1.71 bits per heavy atom. The van der Waals surface area contributed by atoms with Crippen LogP contribution in [0.2, 0.25) is 8.45 Å². The Labute approximate surface area is 205 Å². The first-order valence-electron chi connectivity index (χ1n) is 12.2. The van der Waals surface area contributed by atoms with Gasteiger partial charge in [-0.2, -0.15) is 0 Å². The summed E-state index contributed by atoms with van der Waals surface area (Å²) in [5.74, 6) is 0. The number of nitrogens with one attached hydrogen (secondary N) is 1. The van der Waals surface area contributed by atoms with Crippen molar-refractivity contribution < 1.29 is 4.74 Å². The number of ether oxygens (including phenoxy) is 1. The predicted octanol–water partition coefficient (Wildman–Crippen LogP) is 7.39. The van der Waals surface area contributed by atoms with Crippen molar-refractivity contribution in [3.05, 3.63) is 41.2 Å². The Balaban J connectivity index is 1.77. The molecule has 0 spiro atoms. The summed E-state index contributed by atoms with van der Waals surface area (Å²) in [4.78, 5) is 4.27. The zero-order chi connectivity index (χ0) is 22.4. The van der Waals surface area contributed by atoms with Gasteiger partial charge in [0.05, 0.1) is 0 Å².